The molecule has 0 bridgehead atoms. The lowest BCUT2D eigenvalue weighted by atomic mass is 10.4. The van der Waals surface area contributed by atoms with Crippen molar-refractivity contribution in [1.29, 1.82) is 0 Å². The third kappa shape index (κ3) is 3.00. The van der Waals surface area contributed by atoms with Crippen LogP contribution in [0.2, 0.25) is 0 Å². The maximum absolute atomic E-state index is 11.2. The standard InChI is InChI=1S/C8H16N4O3S/c1-3-5-12-7(4-6-15-2)10-11-8(12)16(9,13)14/h3-6H2,1-2H3,(H2,9,13,14). The van der Waals surface area contributed by atoms with Crippen LogP contribution in [0.15, 0.2) is 5.16 Å². The SMILES string of the molecule is CCCn1c(CCOC)nnc1S(N)(=O)=O. The first-order chi connectivity index (χ1) is 7.50. The molecule has 0 aromatic carbocycles. The molecule has 0 spiro atoms. The number of nitrogens with zero attached hydrogens (tertiary/aromatic N) is 3. The van der Waals surface area contributed by atoms with E-state index >= 15 is 0 Å². The molecule has 0 aliphatic rings. The Kier molecular flexibility index (Phi) is 4.39. The van der Waals surface area contributed by atoms with E-state index in [0.29, 0.717) is 25.4 Å². The Balaban J connectivity index is 3.07. The first kappa shape index (κ1) is 13.1. The van der Waals surface area contributed by atoms with Crippen molar-refractivity contribution in [1.82, 2.24) is 14.8 Å². The van der Waals surface area contributed by atoms with Gasteiger partial charge in [0.15, 0.2) is 0 Å². The van der Waals surface area contributed by atoms with E-state index in [-0.39, 0.29) is 5.16 Å². The quantitative estimate of drug-likeness (QED) is 0.733. The Morgan fingerprint density at radius 2 is 2.12 bits per heavy atom. The lowest BCUT2D eigenvalue weighted by molar-refractivity contribution is 0.199. The molecular formula is C8H16N4O3S. The summed E-state index contributed by atoms with van der Waals surface area (Å²) in [7, 11) is -2.24. The van der Waals surface area contributed by atoms with Gasteiger partial charge in [0.2, 0.25) is 0 Å². The summed E-state index contributed by atoms with van der Waals surface area (Å²) >= 11 is 0. The summed E-state index contributed by atoms with van der Waals surface area (Å²) in [6.07, 6.45) is 1.29. The number of ether oxygens (including phenoxy) is 1. The van der Waals surface area contributed by atoms with Crippen molar-refractivity contribution in [3.05, 3.63) is 5.82 Å². The van der Waals surface area contributed by atoms with Crippen molar-refractivity contribution in [2.45, 2.75) is 31.5 Å². The van der Waals surface area contributed by atoms with Crippen LogP contribution in [0.1, 0.15) is 19.2 Å². The second kappa shape index (κ2) is 5.37. The van der Waals surface area contributed by atoms with Crippen molar-refractivity contribution in [2.75, 3.05) is 13.7 Å². The summed E-state index contributed by atoms with van der Waals surface area (Å²) in [5.41, 5.74) is 0. The smallest absolute Gasteiger partial charge is 0.273 e. The van der Waals surface area contributed by atoms with E-state index in [9.17, 15) is 8.42 Å². The van der Waals surface area contributed by atoms with Crippen LogP contribution in [-0.4, -0.2) is 36.9 Å². The van der Waals surface area contributed by atoms with Gasteiger partial charge < -0.3 is 9.30 Å². The first-order valence-electron chi connectivity index (χ1n) is 4.94. The van der Waals surface area contributed by atoms with Crippen LogP contribution in [0.25, 0.3) is 0 Å². The van der Waals surface area contributed by atoms with Gasteiger partial charge >= 0.3 is 0 Å². The Morgan fingerprint density at radius 1 is 1.44 bits per heavy atom. The van der Waals surface area contributed by atoms with Gasteiger partial charge in [0.1, 0.15) is 5.82 Å². The molecule has 1 aromatic heterocycles. The molecule has 0 saturated carbocycles. The van der Waals surface area contributed by atoms with E-state index < -0.39 is 10.0 Å². The molecule has 0 saturated heterocycles. The molecule has 1 aromatic rings. The average Bonchev–Trinajstić information content (AvgIpc) is 2.58. The van der Waals surface area contributed by atoms with Gasteiger partial charge in [-0.1, -0.05) is 6.92 Å². The maximum atomic E-state index is 11.2. The summed E-state index contributed by atoms with van der Waals surface area (Å²) in [4.78, 5) is 0. The van der Waals surface area contributed by atoms with Crippen LogP contribution in [0, 0.1) is 0 Å². The van der Waals surface area contributed by atoms with Crippen LogP contribution in [0.3, 0.4) is 0 Å². The highest BCUT2D eigenvalue weighted by atomic mass is 32.2. The van der Waals surface area contributed by atoms with Crippen molar-refractivity contribution in [2.24, 2.45) is 5.14 Å². The molecule has 16 heavy (non-hydrogen) atoms. The van der Waals surface area contributed by atoms with Gasteiger partial charge in [0, 0.05) is 20.1 Å². The summed E-state index contributed by atoms with van der Waals surface area (Å²) in [6.45, 7) is 2.93. The van der Waals surface area contributed by atoms with Crippen LogP contribution in [0.5, 0.6) is 0 Å². The molecule has 0 unspecified atom stereocenters. The lowest BCUT2D eigenvalue weighted by Gasteiger charge is -2.06. The number of sulfonamides is 1. The normalized spacial score (nSPS) is 11.9. The van der Waals surface area contributed by atoms with Crippen LogP contribution >= 0.6 is 0 Å². The van der Waals surface area contributed by atoms with Crippen LogP contribution < -0.4 is 5.14 Å². The predicted octanol–water partition coefficient (Wildman–Crippen LogP) is -0.476. The van der Waals surface area contributed by atoms with Crippen molar-refractivity contribution in [3.8, 4) is 0 Å². The fourth-order valence-corrected chi connectivity index (χ4v) is 2.01. The van der Waals surface area contributed by atoms with E-state index in [1.54, 1.807) is 7.11 Å². The van der Waals surface area contributed by atoms with Gasteiger partial charge in [-0.05, 0) is 6.42 Å². The maximum Gasteiger partial charge on any atom is 0.273 e. The summed E-state index contributed by atoms with van der Waals surface area (Å²) in [5, 5.41) is 12.3. The molecule has 0 fully saturated rings. The van der Waals surface area contributed by atoms with E-state index in [1.807, 2.05) is 6.92 Å². The van der Waals surface area contributed by atoms with E-state index in [0.717, 1.165) is 6.42 Å². The highest BCUT2D eigenvalue weighted by molar-refractivity contribution is 7.89. The number of hydrogen-bond donors (Lipinski definition) is 1. The minimum atomic E-state index is -3.81. The van der Waals surface area contributed by atoms with E-state index in [4.69, 9.17) is 9.88 Å². The fraction of sp³-hybridized carbons (Fsp3) is 0.750. The number of rotatable bonds is 6. The fourth-order valence-electron chi connectivity index (χ4n) is 1.36. The third-order valence-electron chi connectivity index (χ3n) is 2.02. The van der Waals surface area contributed by atoms with Crippen molar-refractivity contribution >= 4 is 10.0 Å². The zero-order chi connectivity index (χ0) is 12.2. The van der Waals surface area contributed by atoms with Crippen LogP contribution in [-0.2, 0) is 27.7 Å². The Bertz CT molecular complexity index is 440. The zero-order valence-corrected chi connectivity index (χ0v) is 10.2. The Hall–Kier alpha value is -0.990. The molecule has 1 rings (SSSR count). The molecule has 92 valence electrons. The molecule has 7 nitrogen and oxygen atoms in total. The molecular weight excluding hydrogens is 232 g/mol. The molecule has 1 heterocycles. The van der Waals surface area contributed by atoms with Crippen molar-refractivity contribution in [3.63, 3.8) is 0 Å². The van der Waals surface area contributed by atoms with Crippen LogP contribution in [0.4, 0.5) is 0 Å². The molecule has 0 radical (unpaired) electrons. The number of methoxy groups -OCH3 is 1. The number of nitrogens with two attached hydrogens (primary N) is 1. The second-order valence-electron chi connectivity index (χ2n) is 3.34. The largest absolute Gasteiger partial charge is 0.384 e. The van der Waals surface area contributed by atoms with Gasteiger partial charge in [-0.15, -0.1) is 10.2 Å². The summed E-state index contributed by atoms with van der Waals surface area (Å²) < 4.78 is 28.9. The Morgan fingerprint density at radius 3 is 2.62 bits per heavy atom. The topological polar surface area (TPSA) is 100 Å². The molecule has 2 N–H and O–H groups in total. The molecule has 0 amide bonds. The second-order valence-corrected chi connectivity index (χ2v) is 4.79. The molecule has 0 aliphatic carbocycles. The number of hydrogen-bond acceptors (Lipinski definition) is 5. The summed E-state index contributed by atoms with van der Waals surface area (Å²) in [6, 6.07) is 0. The van der Waals surface area contributed by atoms with E-state index in [2.05, 4.69) is 10.2 Å². The first-order valence-corrected chi connectivity index (χ1v) is 6.49. The van der Waals surface area contributed by atoms with Gasteiger partial charge in [-0.3, -0.25) is 0 Å². The van der Waals surface area contributed by atoms with Gasteiger partial charge in [-0.25, -0.2) is 13.6 Å². The van der Waals surface area contributed by atoms with Gasteiger partial charge in [-0.2, -0.15) is 0 Å². The van der Waals surface area contributed by atoms with Gasteiger partial charge in [0.25, 0.3) is 15.2 Å². The highest BCUT2D eigenvalue weighted by Gasteiger charge is 2.20. The highest BCUT2D eigenvalue weighted by Crippen LogP contribution is 2.08. The predicted molar refractivity (Wildman–Crippen MR) is 57.3 cm³/mol. The molecule has 8 heteroatoms. The zero-order valence-electron chi connectivity index (χ0n) is 9.38. The number of aromatic nitrogens is 3. The number of primary sulfonamides is 1. The minimum absolute atomic E-state index is 0.180. The van der Waals surface area contributed by atoms with E-state index in [1.165, 1.54) is 4.57 Å². The summed E-state index contributed by atoms with van der Waals surface area (Å²) in [5.74, 6) is 0.577. The monoisotopic (exact) mass is 248 g/mol. The average molecular weight is 248 g/mol. The third-order valence-corrected chi connectivity index (χ3v) is 2.84. The van der Waals surface area contributed by atoms with Gasteiger partial charge in [0.05, 0.1) is 6.61 Å². The Labute approximate surface area is 94.7 Å². The minimum Gasteiger partial charge on any atom is -0.384 e. The lowest BCUT2D eigenvalue weighted by Crippen LogP contribution is -2.19. The molecule has 0 atom stereocenters. The molecule has 0 aliphatic heterocycles. The van der Waals surface area contributed by atoms with Crippen molar-refractivity contribution < 1.29 is 13.2 Å².